The number of amides is 1. The predicted molar refractivity (Wildman–Crippen MR) is 94.6 cm³/mol. The Morgan fingerprint density at radius 2 is 1.67 bits per heavy atom. The van der Waals surface area contributed by atoms with Crippen LogP contribution >= 0.6 is 11.6 Å². The summed E-state index contributed by atoms with van der Waals surface area (Å²) in [5.41, 5.74) is 1.30. The van der Waals surface area contributed by atoms with Gasteiger partial charge in [0.15, 0.2) is 11.5 Å². The normalized spacial score (nSPS) is 10.7. The van der Waals surface area contributed by atoms with Gasteiger partial charge >= 0.3 is 0 Å². The second-order valence-electron chi connectivity index (χ2n) is 5.47. The number of benzene rings is 2. The first kappa shape index (κ1) is 16.9. The standard InChI is InChI=1S/C18H10ClFN4O3/c19-12-5-1-10(2-6-12)15-9-14(23-26-15)16(25)21-18-22-17(27-24-18)11-3-7-13(20)8-4-11/h1-9H,(H,21,24,25). The van der Waals surface area contributed by atoms with Crippen LogP contribution in [0.2, 0.25) is 5.02 Å². The lowest BCUT2D eigenvalue weighted by Gasteiger charge is -1.95. The second-order valence-corrected chi connectivity index (χ2v) is 5.90. The van der Waals surface area contributed by atoms with Crippen molar-refractivity contribution in [3.63, 3.8) is 0 Å². The van der Waals surface area contributed by atoms with Crippen molar-refractivity contribution < 1.29 is 18.2 Å². The molecular formula is C18H10ClFN4O3. The smallest absolute Gasteiger partial charge is 0.280 e. The average molecular weight is 385 g/mol. The Kier molecular flexibility index (Phi) is 4.39. The monoisotopic (exact) mass is 384 g/mol. The molecule has 0 fully saturated rings. The number of nitrogens with zero attached hydrogens (tertiary/aromatic N) is 3. The molecule has 9 heteroatoms. The predicted octanol–water partition coefficient (Wildman–Crippen LogP) is 4.44. The summed E-state index contributed by atoms with van der Waals surface area (Å²) in [5, 5.41) is 10.5. The minimum absolute atomic E-state index is 0.0460. The highest BCUT2D eigenvalue weighted by Crippen LogP contribution is 2.23. The van der Waals surface area contributed by atoms with Crippen molar-refractivity contribution in [1.29, 1.82) is 0 Å². The lowest BCUT2D eigenvalue weighted by atomic mass is 10.1. The summed E-state index contributed by atoms with van der Waals surface area (Å²) in [4.78, 5) is 16.3. The number of carbonyl (C=O) groups excluding carboxylic acids is 1. The first-order valence-electron chi connectivity index (χ1n) is 7.72. The van der Waals surface area contributed by atoms with Gasteiger partial charge in [-0.15, -0.1) is 0 Å². The van der Waals surface area contributed by atoms with Crippen molar-refractivity contribution in [3.8, 4) is 22.8 Å². The molecule has 7 nitrogen and oxygen atoms in total. The number of carbonyl (C=O) groups is 1. The number of hydrogen-bond donors (Lipinski definition) is 1. The Bertz CT molecular complexity index is 1090. The zero-order valence-electron chi connectivity index (χ0n) is 13.5. The molecular weight excluding hydrogens is 375 g/mol. The number of halogens is 2. The molecule has 0 radical (unpaired) electrons. The van der Waals surface area contributed by atoms with E-state index in [2.05, 4.69) is 20.6 Å². The Balaban J connectivity index is 1.48. The molecule has 0 spiro atoms. The van der Waals surface area contributed by atoms with E-state index in [-0.39, 0.29) is 23.4 Å². The van der Waals surface area contributed by atoms with Crippen LogP contribution in [-0.4, -0.2) is 21.2 Å². The Morgan fingerprint density at radius 3 is 2.41 bits per heavy atom. The highest BCUT2D eigenvalue weighted by molar-refractivity contribution is 6.30. The summed E-state index contributed by atoms with van der Waals surface area (Å²) in [6, 6.07) is 13.9. The minimum Gasteiger partial charge on any atom is -0.355 e. The molecule has 0 aliphatic rings. The molecule has 0 saturated carbocycles. The molecule has 0 aliphatic carbocycles. The summed E-state index contributed by atoms with van der Waals surface area (Å²) in [7, 11) is 0. The van der Waals surface area contributed by atoms with Crippen LogP contribution < -0.4 is 5.32 Å². The lowest BCUT2D eigenvalue weighted by Crippen LogP contribution is -2.13. The van der Waals surface area contributed by atoms with Gasteiger partial charge in [0.05, 0.1) is 0 Å². The summed E-state index contributed by atoms with van der Waals surface area (Å²) in [6.45, 7) is 0. The van der Waals surface area contributed by atoms with Crippen LogP contribution in [0.5, 0.6) is 0 Å². The van der Waals surface area contributed by atoms with E-state index in [1.54, 1.807) is 24.3 Å². The second kappa shape index (κ2) is 7.00. The summed E-state index contributed by atoms with van der Waals surface area (Å²) in [5.74, 6) is -0.431. The van der Waals surface area contributed by atoms with Crippen LogP contribution in [0, 0.1) is 5.82 Å². The van der Waals surface area contributed by atoms with E-state index in [0.29, 0.717) is 16.3 Å². The molecule has 0 bridgehead atoms. The lowest BCUT2D eigenvalue weighted by molar-refractivity contribution is 0.101. The maximum absolute atomic E-state index is 13.0. The van der Waals surface area contributed by atoms with Gasteiger partial charge in [-0.05, 0) is 53.7 Å². The van der Waals surface area contributed by atoms with Crippen molar-refractivity contribution in [2.24, 2.45) is 0 Å². The fraction of sp³-hybridized carbons (Fsp3) is 0. The third-order valence-electron chi connectivity index (χ3n) is 3.61. The van der Waals surface area contributed by atoms with Crippen LogP contribution in [0.4, 0.5) is 10.3 Å². The van der Waals surface area contributed by atoms with Gasteiger partial charge in [0, 0.05) is 22.2 Å². The molecule has 1 amide bonds. The van der Waals surface area contributed by atoms with Crippen LogP contribution in [-0.2, 0) is 0 Å². The number of nitrogens with one attached hydrogen (secondary N) is 1. The van der Waals surface area contributed by atoms with E-state index >= 15 is 0 Å². The van der Waals surface area contributed by atoms with Crippen molar-refractivity contribution in [1.82, 2.24) is 15.3 Å². The van der Waals surface area contributed by atoms with Crippen LogP contribution in [0.25, 0.3) is 22.8 Å². The molecule has 4 rings (SSSR count). The van der Waals surface area contributed by atoms with Crippen LogP contribution in [0.15, 0.2) is 63.6 Å². The third-order valence-corrected chi connectivity index (χ3v) is 3.87. The molecule has 1 N–H and O–H groups in total. The van der Waals surface area contributed by atoms with E-state index in [1.165, 1.54) is 30.3 Å². The number of aromatic nitrogens is 3. The van der Waals surface area contributed by atoms with Gasteiger partial charge in [-0.2, -0.15) is 4.98 Å². The average Bonchev–Trinajstić information content (AvgIpc) is 3.33. The first-order chi connectivity index (χ1) is 13.1. The topological polar surface area (TPSA) is 94.1 Å². The van der Waals surface area contributed by atoms with E-state index in [9.17, 15) is 9.18 Å². The summed E-state index contributed by atoms with van der Waals surface area (Å²) < 4.78 is 23.2. The van der Waals surface area contributed by atoms with Gasteiger partial charge in [0.2, 0.25) is 0 Å². The highest BCUT2D eigenvalue weighted by atomic mass is 35.5. The van der Waals surface area contributed by atoms with Crippen molar-refractivity contribution in [2.75, 3.05) is 5.32 Å². The molecule has 0 atom stereocenters. The Labute approximate surface area is 156 Å². The maximum Gasteiger partial charge on any atom is 0.280 e. The molecule has 27 heavy (non-hydrogen) atoms. The van der Waals surface area contributed by atoms with Gasteiger partial charge in [0.1, 0.15) is 5.82 Å². The van der Waals surface area contributed by atoms with E-state index in [1.807, 2.05) is 0 Å². The van der Waals surface area contributed by atoms with Gasteiger partial charge in [-0.1, -0.05) is 16.8 Å². The number of hydrogen-bond acceptors (Lipinski definition) is 6. The first-order valence-corrected chi connectivity index (χ1v) is 8.10. The summed E-state index contributed by atoms with van der Waals surface area (Å²) in [6.07, 6.45) is 0. The Hall–Kier alpha value is -3.52. The molecule has 0 unspecified atom stereocenters. The van der Waals surface area contributed by atoms with Gasteiger partial charge < -0.3 is 9.05 Å². The van der Waals surface area contributed by atoms with Crippen molar-refractivity contribution in [2.45, 2.75) is 0 Å². The maximum atomic E-state index is 13.0. The molecule has 2 aromatic carbocycles. The summed E-state index contributed by atoms with van der Waals surface area (Å²) >= 11 is 5.85. The molecule has 2 heterocycles. The molecule has 134 valence electrons. The highest BCUT2D eigenvalue weighted by Gasteiger charge is 2.17. The van der Waals surface area contributed by atoms with Gasteiger partial charge in [0.25, 0.3) is 17.7 Å². The van der Waals surface area contributed by atoms with Crippen LogP contribution in [0.1, 0.15) is 10.5 Å². The zero-order valence-corrected chi connectivity index (χ0v) is 14.3. The molecule has 0 saturated heterocycles. The SMILES string of the molecule is O=C(Nc1noc(-c2ccc(F)cc2)n1)c1cc(-c2ccc(Cl)cc2)on1. The minimum atomic E-state index is -0.564. The zero-order chi connectivity index (χ0) is 18.8. The van der Waals surface area contributed by atoms with E-state index in [0.717, 1.165) is 5.56 Å². The fourth-order valence-electron chi connectivity index (χ4n) is 2.28. The molecule has 0 aliphatic heterocycles. The van der Waals surface area contributed by atoms with E-state index < -0.39 is 5.91 Å². The third kappa shape index (κ3) is 3.70. The molecule has 2 aromatic heterocycles. The quantitative estimate of drug-likeness (QED) is 0.559. The van der Waals surface area contributed by atoms with Crippen molar-refractivity contribution >= 4 is 23.5 Å². The number of rotatable bonds is 4. The number of anilines is 1. The van der Waals surface area contributed by atoms with Gasteiger partial charge in [-0.25, -0.2) is 4.39 Å². The molecule has 4 aromatic rings. The fourth-order valence-corrected chi connectivity index (χ4v) is 2.41. The van der Waals surface area contributed by atoms with Gasteiger partial charge in [-0.3, -0.25) is 10.1 Å². The van der Waals surface area contributed by atoms with E-state index in [4.69, 9.17) is 20.6 Å². The van der Waals surface area contributed by atoms with Crippen LogP contribution in [0.3, 0.4) is 0 Å². The van der Waals surface area contributed by atoms with Crippen molar-refractivity contribution in [3.05, 3.63) is 71.1 Å². The largest absolute Gasteiger partial charge is 0.355 e. The Morgan fingerprint density at radius 1 is 0.963 bits per heavy atom.